The van der Waals surface area contributed by atoms with Crippen LogP contribution in [0.25, 0.3) is 11.1 Å². The highest BCUT2D eigenvalue weighted by Gasteiger charge is 2.15. The van der Waals surface area contributed by atoms with E-state index < -0.39 is 0 Å². The van der Waals surface area contributed by atoms with E-state index in [-0.39, 0.29) is 0 Å². The first-order valence-corrected chi connectivity index (χ1v) is 9.07. The van der Waals surface area contributed by atoms with Crippen molar-refractivity contribution in [2.24, 2.45) is 5.73 Å². The van der Waals surface area contributed by atoms with Gasteiger partial charge < -0.3 is 10.5 Å². The molecule has 2 N–H and O–H groups in total. The lowest BCUT2D eigenvalue weighted by molar-refractivity contribution is 0.315. The second-order valence-corrected chi connectivity index (χ2v) is 6.95. The van der Waals surface area contributed by atoms with Gasteiger partial charge in [-0.25, -0.2) is 0 Å². The molecule has 0 saturated heterocycles. The van der Waals surface area contributed by atoms with Crippen molar-refractivity contribution in [3.8, 4) is 22.3 Å². The molecule has 1 aromatic heterocycles. The minimum atomic E-state index is 0.416. The molecule has 25 heavy (non-hydrogen) atoms. The number of ether oxygens (including phenoxy) is 1. The molecule has 0 atom stereocenters. The molecule has 3 rings (SSSR count). The van der Waals surface area contributed by atoms with E-state index in [1.807, 2.05) is 54.8 Å². The van der Waals surface area contributed by atoms with Crippen LogP contribution in [0, 0.1) is 18.3 Å². The molecule has 0 aliphatic carbocycles. The van der Waals surface area contributed by atoms with Crippen LogP contribution in [-0.2, 0) is 13.2 Å². The van der Waals surface area contributed by atoms with Gasteiger partial charge in [-0.1, -0.05) is 41.9 Å². The van der Waals surface area contributed by atoms with Crippen molar-refractivity contribution in [2.45, 2.75) is 20.1 Å². The molecule has 0 bridgehead atoms. The van der Waals surface area contributed by atoms with Crippen LogP contribution in [0.3, 0.4) is 0 Å². The van der Waals surface area contributed by atoms with Gasteiger partial charge in [-0.2, -0.15) is 5.26 Å². The van der Waals surface area contributed by atoms with E-state index in [0.29, 0.717) is 23.8 Å². The Labute approximate surface area is 156 Å². The van der Waals surface area contributed by atoms with Crippen molar-refractivity contribution < 1.29 is 4.74 Å². The van der Waals surface area contributed by atoms with Gasteiger partial charge >= 0.3 is 0 Å². The van der Waals surface area contributed by atoms with Crippen LogP contribution in [-0.4, -0.2) is 0 Å². The van der Waals surface area contributed by atoms with Crippen LogP contribution in [0.5, 0.6) is 5.06 Å². The quantitative estimate of drug-likeness (QED) is 0.665. The minimum absolute atomic E-state index is 0.416. The van der Waals surface area contributed by atoms with Crippen molar-refractivity contribution in [3.63, 3.8) is 0 Å². The monoisotopic (exact) mass is 368 g/mol. The van der Waals surface area contributed by atoms with Gasteiger partial charge in [-0.3, -0.25) is 0 Å². The van der Waals surface area contributed by atoms with Crippen LogP contribution < -0.4 is 10.5 Å². The molecule has 0 fully saturated rings. The van der Waals surface area contributed by atoms with Gasteiger partial charge in [0.25, 0.3) is 0 Å². The molecule has 0 aliphatic rings. The maximum absolute atomic E-state index is 9.58. The molecule has 3 nitrogen and oxygen atoms in total. The predicted molar refractivity (Wildman–Crippen MR) is 103 cm³/mol. The molecular formula is C20H17ClN2OS. The maximum Gasteiger partial charge on any atom is 0.192 e. The highest BCUT2D eigenvalue weighted by atomic mass is 35.5. The number of hydrogen-bond acceptors (Lipinski definition) is 4. The topological polar surface area (TPSA) is 59.0 Å². The number of aryl methyl sites for hydroxylation is 1. The Bertz CT molecular complexity index is 926. The lowest BCUT2D eigenvalue weighted by Crippen LogP contribution is -1.98. The third-order valence-electron chi connectivity index (χ3n) is 3.97. The highest BCUT2D eigenvalue weighted by molar-refractivity contribution is 7.12. The number of nitriles is 1. The zero-order chi connectivity index (χ0) is 17.8. The van der Waals surface area contributed by atoms with E-state index in [1.165, 1.54) is 11.3 Å². The Balaban J connectivity index is 1.82. The summed E-state index contributed by atoms with van der Waals surface area (Å²) in [6, 6.07) is 16.0. The Morgan fingerprint density at radius 2 is 1.88 bits per heavy atom. The van der Waals surface area contributed by atoms with E-state index in [0.717, 1.165) is 32.8 Å². The van der Waals surface area contributed by atoms with E-state index in [9.17, 15) is 5.26 Å². The summed E-state index contributed by atoms with van der Waals surface area (Å²) in [6.45, 7) is 2.89. The standard InChI is InChI=1S/C20H17ClN2OS/c1-13-8-16(6-7-19(13)21)18-12-25-20(17(18)10-23)24-11-15-4-2-14(9-22)3-5-15/h2-8,12H,9,11,22H2,1H3. The number of halogens is 1. The SMILES string of the molecule is Cc1cc(-c2csc(OCc3ccc(CN)cc3)c2C#N)ccc1Cl. The van der Waals surface area contributed by atoms with Crippen molar-refractivity contribution in [1.29, 1.82) is 5.26 Å². The fraction of sp³-hybridized carbons (Fsp3) is 0.150. The number of nitrogens with zero attached hydrogens (tertiary/aromatic N) is 1. The fourth-order valence-electron chi connectivity index (χ4n) is 2.50. The Kier molecular flexibility index (Phi) is 5.40. The van der Waals surface area contributed by atoms with E-state index >= 15 is 0 Å². The first-order chi connectivity index (χ1) is 12.1. The zero-order valence-corrected chi connectivity index (χ0v) is 15.3. The van der Waals surface area contributed by atoms with Gasteiger partial charge in [-0.15, -0.1) is 11.3 Å². The molecule has 0 spiro atoms. The number of thiophene rings is 1. The van der Waals surface area contributed by atoms with Gasteiger partial charge in [0.2, 0.25) is 0 Å². The Morgan fingerprint density at radius 1 is 1.16 bits per heavy atom. The number of hydrogen-bond donors (Lipinski definition) is 1. The predicted octanol–water partition coefficient (Wildman–Crippen LogP) is 5.29. The van der Waals surface area contributed by atoms with Crippen LogP contribution in [0.4, 0.5) is 0 Å². The molecule has 3 aromatic rings. The summed E-state index contributed by atoms with van der Waals surface area (Å²) in [5, 5.41) is 12.9. The molecule has 0 amide bonds. The van der Waals surface area contributed by atoms with Crippen molar-refractivity contribution >= 4 is 22.9 Å². The third-order valence-corrected chi connectivity index (χ3v) is 5.28. The molecule has 0 radical (unpaired) electrons. The molecule has 1 heterocycles. The van der Waals surface area contributed by atoms with Gasteiger partial charge in [0.05, 0.1) is 0 Å². The summed E-state index contributed by atoms with van der Waals surface area (Å²) in [5.74, 6) is 0. The summed E-state index contributed by atoms with van der Waals surface area (Å²) in [4.78, 5) is 0. The van der Waals surface area contributed by atoms with Gasteiger partial charge in [0.15, 0.2) is 5.06 Å². The van der Waals surface area contributed by atoms with Crippen molar-refractivity contribution in [1.82, 2.24) is 0 Å². The molecular weight excluding hydrogens is 352 g/mol. The lowest BCUT2D eigenvalue weighted by Gasteiger charge is -2.06. The zero-order valence-electron chi connectivity index (χ0n) is 13.8. The molecule has 0 saturated carbocycles. The summed E-state index contributed by atoms with van der Waals surface area (Å²) in [6.07, 6.45) is 0. The van der Waals surface area contributed by atoms with Crippen molar-refractivity contribution in [2.75, 3.05) is 0 Å². The first kappa shape index (κ1) is 17.5. The molecule has 0 aliphatic heterocycles. The van der Waals surface area contributed by atoms with E-state index in [2.05, 4.69) is 6.07 Å². The molecule has 0 unspecified atom stereocenters. The van der Waals surface area contributed by atoms with E-state index in [4.69, 9.17) is 22.1 Å². The smallest absolute Gasteiger partial charge is 0.192 e. The third kappa shape index (κ3) is 3.85. The van der Waals surface area contributed by atoms with Crippen LogP contribution >= 0.6 is 22.9 Å². The van der Waals surface area contributed by atoms with Crippen LogP contribution in [0.2, 0.25) is 5.02 Å². The van der Waals surface area contributed by atoms with Crippen molar-refractivity contribution in [3.05, 3.63) is 75.1 Å². The average molecular weight is 369 g/mol. The summed E-state index contributed by atoms with van der Waals surface area (Å²) in [7, 11) is 0. The second kappa shape index (κ2) is 7.71. The Hall–Kier alpha value is -2.32. The first-order valence-electron chi connectivity index (χ1n) is 7.81. The van der Waals surface area contributed by atoms with Gasteiger partial charge in [0, 0.05) is 22.5 Å². The number of rotatable bonds is 5. The van der Waals surface area contributed by atoms with Crippen LogP contribution in [0.15, 0.2) is 47.8 Å². The average Bonchev–Trinajstić information content (AvgIpc) is 3.05. The number of nitrogens with two attached hydrogens (primary N) is 1. The second-order valence-electron chi connectivity index (χ2n) is 5.70. The summed E-state index contributed by atoms with van der Waals surface area (Å²) < 4.78 is 5.88. The van der Waals surface area contributed by atoms with Gasteiger partial charge in [0.1, 0.15) is 18.2 Å². The summed E-state index contributed by atoms with van der Waals surface area (Å²) >= 11 is 7.53. The Morgan fingerprint density at radius 3 is 2.52 bits per heavy atom. The maximum atomic E-state index is 9.58. The lowest BCUT2D eigenvalue weighted by atomic mass is 10.0. The molecule has 126 valence electrons. The highest BCUT2D eigenvalue weighted by Crippen LogP contribution is 2.38. The molecule has 5 heteroatoms. The molecule has 2 aromatic carbocycles. The minimum Gasteiger partial charge on any atom is -0.478 e. The fourth-order valence-corrected chi connectivity index (χ4v) is 3.49. The number of benzene rings is 2. The largest absolute Gasteiger partial charge is 0.478 e. The van der Waals surface area contributed by atoms with Gasteiger partial charge in [-0.05, 0) is 41.3 Å². The van der Waals surface area contributed by atoms with Crippen LogP contribution in [0.1, 0.15) is 22.3 Å². The van der Waals surface area contributed by atoms with E-state index in [1.54, 1.807) is 0 Å². The summed E-state index contributed by atoms with van der Waals surface area (Å²) in [5.41, 5.74) is 11.1. The normalized spacial score (nSPS) is 10.5.